The molecule has 8 heteroatoms. The summed E-state index contributed by atoms with van der Waals surface area (Å²) in [4.78, 5) is 25.2. The van der Waals surface area contributed by atoms with Crippen molar-refractivity contribution in [3.05, 3.63) is 87.9 Å². The van der Waals surface area contributed by atoms with E-state index in [2.05, 4.69) is 10.6 Å². The number of sulfone groups is 1. The summed E-state index contributed by atoms with van der Waals surface area (Å²) in [5.41, 5.74) is 3.48. The summed E-state index contributed by atoms with van der Waals surface area (Å²) in [6.45, 7) is 3.82. The first-order chi connectivity index (χ1) is 14.6. The minimum absolute atomic E-state index is 0.0516. The highest BCUT2D eigenvalue weighted by Gasteiger charge is 2.14. The largest absolute Gasteiger partial charge is 0.322 e. The van der Waals surface area contributed by atoms with Crippen molar-refractivity contribution in [1.82, 2.24) is 0 Å². The summed E-state index contributed by atoms with van der Waals surface area (Å²) < 4.78 is 23.4. The van der Waals surface area contributed by atoms with Gasteiger partial charge in [0.25, 0.3) is 11.8 Å². The Morgan fingerprint density at radius 2 is 1.58 bits per heavy atom. The monoisotopic (exact) mass is 456 g/mol. The van der Waals surface area contributed by atoms with E-state index in [-0.39, 0.29) is 21.4 Å². The number of amides is 2. The Morgan fingerprint density at radius 3 is 2.26 bits per heavy atom. The number of halogens is 1. The molecule has 0 aromatic heterocycles. The molecule has 0 radical (unpaired) electrons. The van der Waals surface area contributed by atoms with Crippen molar-refractivity contribution in [3.63, 3.8) is 0 Å². The van der Waals surface area contributed by atoms with Gasteiger partial charge in [-0.1, -0.05) is 29.8 Å². The number of anilines is 2. The van der Waals surface area contributed by atoms with Crippen molar-refractivity contribution < 1.29 is 18.0 Å². The Morgan fingerprint density at radius 1 is 0.871 bits per heavy atom. The zero-order valence-electron chi connectivity index (χ0n) is 17.2. The predicted octanol–water partition coefficient (Wildman–Crippen LogP) is 4.86. The van der Waals surface area contributed by atoms with E-state index in [1.54, 1.807) is 18.2 Å². The van der Waals surface area contributed by atoms with E-state index in [9.17, 15) is 18.0 Å². The fourth-order valence-electron chi connectivity index (χ4n) is 2.95. The van der Waals surface area contributed by atoms with E-state index in [1.807, 2.05) is 26.0 Å². The lowest BCUT2D eigenvalue weighted by Crippen LogP contribution is -2.15. The van der Waals surface area contributed by atoms with E-state index >= 15 is 0 Å². The van der Waals surface area contributed by atoms with Crippen LogP contribution in [-0.2, 0) is 9.84 Å². The molecule has 0 unspecified atom stereocenters. The van der Waals surface area contributed by atoms with Crippen molar-refractivity contribution in [2.75, 3.05) is 16.9 Å². The number of hydrogen-bond acceptors (Lipinski definition) is 4. The predicted molar refractivity (Wildman–Crippen MR) is 123 cm³/mol. The SMILES string of the molecule is Cc1cccc(C(=O)Nc2ccc(NC(=O)c3cccc(S(C)(=O)=O)c3)c(Cl)c2)c1C. The molecule has 0 saturated carbocycles. The molecule has 2 N–H and O–H groups in total. The Balaban J connectivity index is 1.76. The Hall–Kier alpha value is -3.16. The lowest BCUT2D eigenvalue weighted by molar-refractivity contribution is 0.101. The smallest absolute Gasteiger partial charge is 0.255 e. The van der Waals surface area contributed by atoms with Crippen molar-refractivity contribution in [2.24, 2.45) is 0 Å². The van der Waals surface area contributed by atoms with E-state index < -0.39 is 15.7 Å². The minimum atomic E-state index is -3.43. The molecule has 6 nitrogen and oxygen atoms in total. The average molecular weight is 457 g/mol. The number of rotatable bonds is 5. The molecule has 3 rings (SSSR count). The fourth-order valence-corrected chi connectivity index (χ4v) is 3.85. The zero-order valence-corrected chi connectivity index (χ0v) is 18.8. The van der Waals surface area contributed by atoms with E-state index in [1.165, 1.54) is 30.3 Å². The molecule has 0 fully saturated rings. The summed E-state index contributed by atoms with van der Waals surface area (Å²) in [5.74, 6) is -0.758. The zero-order chi connectivity index (χ0) is 22.8. The van der Waals surface area contributed by atoms with Crippen LogP contribution in [0, 0.1) is 13.8 Å². The van der Waals surface area contributed by atoms with Gasteiger partial charge in [-0.2, -0.15) is 0 Å². The van der Waals surface area contributed by atoms with E-state index in [0.717, 1.165) is 17.4 Å². The first kappa shape index (κ1) is 22.5. The molecule has 31 heavy (non-hydrogen) atoms. The fraction of sp³-hybridized carbons (Fsp3) is 0.130. The van der Waals surface area contributed by atoms with Gasteiger partial charge in [-0.05, 0) is 67.4 Å². The van der Waals surface area contributed by atoms with Crippen LogP contribution in [0.3, 0.4) is 0 Å². The van der Waals surface area contributed by atoms with Crippen LogP contribution in [0.2, 0.25) is 5.02 Å². The molecular weight excluding hydrogens is 436 g/mol. The molecule has 0 bridgehead atoms. The van der Waals surface area contributed by atoms with E-state index in [0.29, 0.717) is 16.9 Å². The highest BCUT2D eigenvalue weighted by atomic mass is 35.5. The van der Waals surface area contributed by atoms with Crippen molar-refractivity contribution >= 4 is 44.6 Å². The van der Waals surface area contributed by atoms with Gasteiger partial charge in [-0.15, -0.1) is 0 Å². The van der Waals surface area contributed by atoms with Gasteiger partial charge in [0.2, 0.25) is 0 Å². The van der Waals surface area contributed by atoms with Crippen LogP contribution in [0.4, 0.5) is 11.4 Å². The van der Waals surface area contributed by atoms with Crippen LogP contribution >= 0.6 is 11.6 Å². The summed E-state index contributed by atoms with van der Waals surface area (Å²) in [6.07, 6.45) is 1.08. The lowest BCUT2D eigenvalue weighted by atomic mass is 10.0. The normalized spacial score (nSPS) is 11.1. The third kappa shape index (κ3) is 5.31. The molecule has 3 aromatic carbocycles. The molecule has 2 amide bonds. The molecule has 3 aromatic rings. The van der Waals surface area contributed by atoms with E-state index in [4.69, 9.17) is 11.6 Å². The first-order valence-electron chi connectivity index (χ1n) is 9.35. The van der Waals surface area contributed by atoms with Gasteiger partial charge in [0.05, 0.1) is 15.6 Å². The Kier molecular flexibility index (Phi) is 6.48. The van der Waals surface area contributed by atoms with Crippen molar-refractivity contribution in [2.45, 2.75) is 18.7 Å². The highest BCUT2D eigenvalue weighted by molar-refractivity contribution is 7.90. The lowest BCUT2D eigenvalue weighted by Gasteiger charge is -2.12. The second kappa shape index (κ2) is 8.91. The van der Waals surface area contributed by atoms with Crippen LogP contribution in [-0.4, -0.2) is 26.5 Å². The van der Waals surface area contributed by atoms with Gasteiger partial charge >= 0.3 is 0 Å². The topological polar surface area (TPSA) is 92.3 Å². The summed E-state index contributed by atoms with van der Waals surface area (Å²) >= 11 is 6.29. The van der Waals surface area contributed by atoms with Crippen LogP contribution < -0.4 is 10.6 Å². The molecule has 160 valence electrons. The van der Waals surface area contributed by atoms with Gasteiger partial charge in [-0.3, -0.25) is 9.59 Å². The number of aryl methyl sites for hydroxylation is 1. The molecule has 0 spiro atoms. The summed E-state index contributed by atoms with van der Waals surface area (Å²) in [5, 5.41) is 5.68. The molecular formula is C23H21ClN2O4S. The third-order valence-electron chi connectivity index (χ3n) is 4.85. The van der Waals surface area contributed by atoms with Gasteiger partial charge in [0, 0.05) is 23.1 Å². The van der Waals surface area contributed by atoms with Crippen LogP contribution in [0.15, 0.2) is 65.6 Å². The minimum Gasteiger partial charge on any atom is -0.322 e. The number of nitrogens with one attached hydrogen (secondary N) is 2. The third-order valence-corrected chi connectivity index (χ3v) is 6.27. The molecule has 0 aliphatic carbocycles. The first-order valence-corrected chi connectivity index (χ1v) is 11.6. The Bertz CT molecular complexity index is 1290. The number of hydrogen-bond donors (Lipinski definition) is 2. The summed E-state index contributed by atoms with van der Waals surface area (Å²) in [6, 6.07) is 16.0. The highest BCUT2D eigenvalue weighted by Crippen LogP contribution is 2.27. The molecule has 0 aliphatic heterocycles. The maximum atomic E-state index is 12.6. The quantitative estimate of drug-likeness (QED) is 0.573. The van der Waals surface area contributed by atoms with Gasteiger partial charge in [0.1, 0.15) is 0 Å². The summed E-state index contributed by atoms with van der Waals surface area (Å²) in [7, 11) is -3.43. The number of benzene rings is 3. The number of carbonyl (C=O) groups excluding carboxylic acids is 2. The number of carbonyl (C=O) groups is 2. The van der Waals surface area contributed by atoms with Crippen LogP contribution in [0.5, 0.6) is 0 Å². The maximum absolute atomic E-state index is 12.6. The average Bonchev–Trinajstić information content (AvgIpc) is 2.71. The van der Waals surface area contributed by atoms with Gasteiger partial charge < -0.3 is 10.6 Å². The van der Waals surface area contributed by atoms with Crippen LogP contribution in [0.25, 0.3) is 0 Å². The second-order valence-corrected chi connectivity index (χ2v) is 9.57. The standard InChI is InChI=1S/C23H21ClN2O4S/c1-14-6-4-9-19(15(14)2)23(28)25-17-10-11-21(20(24)13-17)26-22(27)16-7-5-8-18(12-16)31(3,29)30/h4-13H,1-3H3,(H,25,28)(H,26,27). The van der Waals surface area contributed by atoms with Crippen LogP contribution in [0.1, 0.15) is 31.8 Å². The Labute approximate surface area is 186 Å². The van der Waals surface area contributed by atoms with Gasteiger partial charge in [0.15, 0.2) is 9.84 Å². The maximum Gasteiger partial charge on any atom is 0.255 e. The molecule has 0 atom stereocenters. The van der Waals surface area contributed by atoms with Crippen molar-refractivity contribution in [3.8, 4) is 0 Å². The molecule has 0 aliphatic rings. The molecule has 0 heterocycles. The molecule has 0 saturated heterocycles. The van der Waals surface area contributed by atoms with Gasteiger partial charge in [-0.25, -0.2) is 8.42 Å². The second-order valence-electron chi connectivity index (χ2n) is 7.15. The van der Waals surface area contributed by atoms with Crippen molar-refractivity contribution in [1.29, 1.82) is 0 Å².